The Balaban J connectivity index is 1.45. The molecule has 0 nitrogen and oxygen atoms in total. The molecule has 0 bridgehead atoms. The number of benzene rings is 4. The Morgan fingerprint density at radius 1 is 0.714 bits per heavy atom. The minimum absolute atomic E-state index is 0.270. The third-order valence-electron chi connectivity index (χ3n) is 6.01. The molecule has 0 aliphatic rings. The predicted molar refractivity (Wildman–Crippen MR) is 146 cm³/mol. The van der Waals surface area contributed by atoms with Gasteiger partial charge in [0.05, 0.1) is 5.56 Å². The van der Waals surface area contributed by atoms with Crippen molar-refractivity contribution in [1.82, 2.24) is 0 Å². The van der Waals surface area contributed by atoms with Crippen molar-refractivity contribution in [2.45, 2.75) is 39.0 Å². The van der Waals surface area contributed by atoms with Crippen LogP contribution >= 0.6 is 0 Å². The molecule has 0 aromatic heterocycles. The molecule has 0 atom stereocenters. The summed E-state index contributed by atoms with van der Waals surface area (Å²) in [5, 5.41) is 1.50. The molecule has 0 saturated carbocycles. The summed E-state index contributed by atoms with van der Waals surface area (Å²) in [4.78, 5) is 0. The number of allylic oxidation sites excluding steroid dienone is 1. The first kappa shape index (κ1) is 24.1. The summed E-state index contributed by atoms with van der Waals surface area (Å²) in [7, 11) is 0. The van der Waals surface area contributed by atoms with Gasteiger partial charge in [0.15, 0.2) is 0 Å². The zero-order valence-corrected chi connectivity index (χ0v) is 20.2. The molecular weight excluding hydrogens is 427 g/mol. The van der Waals surface area contributed by atoms with Gasteiger partial charge in [0.2, 0.25) is 0 Å². The average Bonchev–Trinajstić information content (AvgIpc) is 2.90. The maximum atomic E-state index is 15.0. The van der Waals surface area contributed by atoms with E-state index < -0.39 is 0 Å². The molecule has 35 heavy (non-hydrogen) atoms. The number of fused-ring (bicyclic) bond motifs is 1. The van der Waals surface area contributed by atoms with Crippen LogP contribution < -0.4 is 0 Å². The second kappa shape index (κ2) is 11.9. The molecular formula is C34H29F. The van der Waals surface area contributed by atoms with Crippen molar-refractivity contribution in [3.05, 3.63) is 131 Å². The van der Waals surface area contributed by atoms with Crippen LogP contribution in [0.2, 0.25) is 0 Å². The molecule has 4 aromatic rings. The van der Waals surface area contributed by atoms with Gasteiger partial charge in [-0.05, 0) is 84.7 Å². The topological polar surface area (TPSA) is 0 Å². The van der Waals surface area contributed by atoms with Crippen molar-refractivity contribution in [1.29, 1.82) is 0 Å². The quantitative estimate of drug-likeness (QED) is 0.202. The van der Waals surface area contributed by atoms with Crippen LogP contribution in [0.15, 0.2) is 91.5 Å². The van der Waals surface area contributed by atoms with Crippen molar-refractivity contribution in [2.75, 3.05) is 0 Å². The zero-order valence-electron chi connectivity index (χ0n) is 20.2. The van der Waals surface area contributed by atoms with Crippen LogP contribution in [0.3, 0.4) is 0 Å². The fourth-order valence-electron chi connectivity index (χ4n) is 3.92. The second-order valence-electron chi connectivity index (χ2n) is 8.69. The van der Waals surface area contributed by atoms with Gasteiger partial charge < -0.3 is 0 Å². The van der Waals surface area contributed by atoms with Gasteiger partial charge in [-0.2, -0.15) is 0 Å². The maximum absolute atomic E-state index is 15.0. The maximum Gasteiger partial charge on any atom is 0.146 e. The third-order valence-corrected chi connectivity index (χ3v) is 6.01. The molecule has 0 amide bonds. The highest BCUT2D eigenvalue weighted by molar-refractivity contribution is 5.85. The van der Waals surface area contributed by atoms with E-state index in [4.69, 9.17) is 0 Å². The molecule has 0 unspecified atom stereocenters. The Morgan fingerprint density at radius 2 is 1.31 bits per heavy atom. The Kier molecular flexibility index (Phi) is 8.17. The van der Waals surface area contributed by atoms with Crippen LogP contribution in [0.4, 0.5) is 4.39 Å². The normalized spacial score (nSPS) is 10.2. The van der Waals surface area contributed by atoms with Crippen LogP contribution in [0.1, 0.15) is 59.6 Å². The molecule has 4 aromatic carbocycles. The number of hydrogen-bond acceptors (Lipinski definition) is 0. The predicted octanol–water partition coefficient (Wildman–Crippen LogP) is 8.24. The number of aryl methyl sites for hydroxylation is 2. The molecule has 172 valence electrons. The van der Waals surface area contributed by atoms with Gasteiger partial charge in [-0.3, -0.25) is 0 Å². The Hall–Kier alpha value is -4.07. The largest absolute Gasteiger partial charge is 0.205 e. The fraction of sp³-hybridized carbons (Fsp3) is 0.176. The van der Waals surface area contributed by atoms with E-state index in [0.717, 1.165) is 41.3 Å². The lowest BCUT2D eigenvalue weighted by Gasteiger charge is -2.05. The van der Waals surface area contributed by atoms with Crippen molar-refractivity contribution < 1.29 is 4.39 Å². The average molecular weight is 457 g/mol. The summed E-state index contributed by atoms with van der Waals surface area (Å²) in [5.41, 5.74) is 5.71. The van der Waals surface area contributed by atoms with Gasteiger partial charge in [-0.25, -0.2) is 4.39 Å². The summed E-state index contributed by atoms with van der Waals surface area (Å²) in [6.07, 6.45) is 7.26. The van der Waals surface area contributed by atoms with Gasteiger partial charge >= 0.3 is 0 Å². The number of rotatable bonds is 6. The Labute approximate surface area is 208 Å². The molecule has 0 aliphatic carbocycles. The summed E-state index contributed by atoms with van der Waals surface area (Å²) < 4.78 is 15.0. The van der Waals surface area contributed by atoms with Crippen LogP contribution in [0, 0.1) is 29.5 Å². The van der Waals surface area contributed by atoms with Crippen molar-refractivity contribution in [3.63, 3.8) is 0 Å². The molecule has 1 heteroatoms. The second-order valence-corrected chi connectivity index (χ2v) is 8.69. The van der Waals surface area contributed by atoms with E-state index in [0.29, 0.717) is 10.9 Å². The SMILES string of the molecule is C=CCCc1ccc2c(F)c(C#Cc3ccc(C#Cc4ccc(CCCC)cc4)cc3)ccc2c1. The van der Waals surface area contributed by atoms with E-state index in [1.165, 1.54) is 24.0 Å². The van der Waals surface area contributed by atoms with Gasteiger partial charge in [-0.15, -0.1) is 6.58 Å². The summed E-state index contributed by atoms with van der Waals surface area (Å²) >= 11 is 0. The monoisotopic (exact) mass is 456 g/mol. The highest BCUT2D eigenvalue weighted by Crippen LogP contribution is 2.23. The van der Waals surface area contributed by atoms with E-state index in [9.17, 15) is 0 Å². The first-order valence-corrected chi connectivity index (χ1v) is 12.2. The number of hydrogen-bond donors (Lipinski definition) is 0. The van der Waals surface area contributed by atoms with Crippen LogP contribution in [0.5, 0.6) is 0 Å². The van der Waals surface area contributed by atoms with Crippen LogP contribution in [-0.4, -0.2) is 0 Å². The van der Waals surface area contributed by atoms with Crippen LogP contribution in [0.25, 0.3) is 10.8 Å². The molecule has 0 saturated heterocycles. The minimum atomic E-state index is -0.270. The molecule has 4 rings (SSSR count). The molecule has 0 fully saturated rings. The number of unbranched alkanes of at least 4 members (excludes halogenated alkanes) is 1. The standard InChI is InChI=1S/C34H29F/c1-3-5-7-26-9-11-27(12-10-26)13-14-28-15-17-29(18-16-28)19-21-31-22-23-32-25-30(8-6-4-2)20-24-33(32)34(31)35/h4,9-12,15-18,20,22-25H,2-3,5-8H2,1H3. The van der Waals surface area contributed by atoms with Crippen molar-refractivity contribution in [3.8, 4) is 23.7 Å². The Bertz CT molecular complexity index is 1430. The van der Waals surface area contributed by atoms with E-state index in [2.05, 4.69) is 61.4 Å². The summed E-state index contributed by atoms with van der Waals surface area (Å²) in [6, 6.07) is 25.8. The Morgan fingerprint density at radius 3 is 1.94 bits per heavy atom. The van der Waals surface area contributed by atoms with Gasteiger partial charge in [-0.1, -0.05) is 79.5 Å². The highest BCUT2D eigenvalue weighted by atomic mass is 19.1. The van der Waals surface area contributed by atoms with Gasteiger partial charge in [0.25, 0.3) is 0 Å². The van der Waals surface area contributed by atoms with E-state index in [1.807, 2.05) is 54.6 Å². The minimum Gasteiger partial charge on any atom is -0.205 e. The van der Waals surface area contributed by atoms with Gasteiger partial charge in [0.1, 0.15) is 5.82 Å². The zero-order chi connectivity index (χ0) is 24.5. The molecule has 0 aliphatic heterocycles. The van der Waals surface area contributed by atoms with Gasteiger partial charge in [0, 0.05) is 22.1 Å². The summed E-state index contributed by atoms with van der Waals surface area (Å²) in [6.45, 7) is 5.97. The van der Waals surface area contributed by atoms with E-state index >= 15 is 4.39 Å². The summed E-state index contributed by atoms with van der Waals surface area (Å²) in [5.74, 6) is 12.2. The van der Waals surface area contributed by atoms with E-state index in [-0.39, 0.29) is 5.82 Å². The lowest BCUT2D eigenvalue weighted by molar-refractivity contribution is 0.636. The first-order chi connectivity index (χ1) is 17.2. The van der Waals surface area contributed by atoms with Crippen LogP contribution in [-0.2, 0) is 12.8 Å². The smallest absolute Gasteiger partial charge is 0.146 e. The fourth-order valence-corrected chi connectivity index (χ4v) is 3.92. The van der Waals surface area contributed by atoms with Crippen molar-refractivity contribution >= 4 is 10.8 Å². The molecule has 0 radical (unpaired) electrons. The lowest BCUT2D eigenvalue weighted by atomic mass is 10.0. The molecule has 0 heterocycles. The third kappa shape index (κ3) is 6.50. The highest BCUT2D eigenvalue weighted by Gasteiger charge is 2.06. The number of halogens is 1. The molecule has 0 spiro atoms. The van der Waals surface area contributed by atoms with Crippen molar-refractivity contribution in [2.24, 2.45) is 0 Å². The lowest BCUT2D eigenvalue weighted by Crippen LogP contribution is -1.89. The molecule has 0 N–H and O–H groups in total. The van der Waals surface area contributed by atoms with E-state index in [1.54, 1.807) is 6.07 Å². The first-order valence-electron chi connectivity index (χ1n) is 12.2.